The van der Waals surface area contributed by atoms with E-state index in [2.05, 4.69) is 16.1 Å². The van der Waals surface area contributed by atoms with Gasteiger partial charge in [0.25, 0.3) is 0 Å². The van der Waals surface area contributed by atoms with Gasteiger partial charge in [-0.1, -0.05) is 0 Å². The molecule has 0 aromatic rings. The zero-order chi connectivity index (χ0) is 7.23. The van der Waals surface area contributed by atoms with E-state index >= 15 is 0 Å². The lowest BCUT2D eigenvalue weighted by Gasteiger charge is -2.26. The Morgan fingerprint density at radius 3 is 2.55 bits per heavy atom. The average molecular weight is 175 g/mol. The summed E-state index contributed by atoms with van der Waals surface area (Å²) in [6.07, 6.45) is 6.04. The van der Waals surface area contributed by atoms with E-state index in [-0.39, 0.29) is 12.4 Å². The summed E-state index contributed by atoms with van der Waals surface area (Å²) in [6, 6.07) is 0. The van der Waals surface area contributed by atoms with Gasteiger partial charge in [-0.3, -0.25) is 4.90 Å². The number of piperazine rings is 1. The highest BCUT2D eigenvalue weighted by Gasteiger charge is 2.06. The Hall–Kier alpha value is -0.230. The summed E-state index contributed by atoms with van der Waals surface area (Å²) < 4.78 is 0. The van der Waals surface area contributed by atoms with Crippen molar-refractivity contribution in [3.05, 3.63) is 0 Å². The van der Waals surface area contributed by atoms with Crippen LogP contribution in [-0.4, -0.2) is 37.6 Å². The number of nitrogens with one attached hydrogen (secondary N) is 1. The van der Waals surface area contributed by atoms with E-state index in [1.54, 1.807) is 0 Å². The fourth-order valence-corrected chi connectivity index (χ4v) is 1.16. The highest BCUT2D eigenvalue weighted by atomic mass is 35.5. The van der Waals surface area contributed by atoms with Crippen molar-refractivity contribution in [2.24, 2.45) is 0 Å². The highest BCUT2D eigenvalue weighted by Crippen LogP contribution is 1.92. The lowest BCUT2D eigenvalue weighted by molar-refractivity contribution is 0.246. The molecule has 0 spiro atoms. The van der Waals surface area contributed by atoms with E-state index in [1.807, 2.05) is 0 Å². The molecule has 0 atom stereocenters. The smallest absolute Gasteiger partial charge is 0.0214 e. The summed E-state index contributed by atoms with van der Waals surface area (Å²) in [4.78, 5) is 2.40. The molecule has 3 heteroatoms. The van der Waals surface area contributed by atoms with Crippen molar-refractivity contribution in [2.75, 3.05) is 32.7 Å². The summed E-state index contributed by atoms with van der Waals surface area (Å²) >= 11 is 0. The predicted octanol–water partition coefficient (Wildman–Crippen LogP) is 0.337. The molecule has 11 heavy (non-hydrogen) atoms. The first-order chi connectivity index (χ1) is 4.93. The maximum absolute atomic E-state index is 5.15. The summed E-state index contributed by atoms with van der Waals surface area (Å²) in [5, 5.41) is 3.30. The van der Waals surface area contributed by atoms with Gasteiger partial charge in [0.15, 0.2) is 0 Å². The van der Waals surface area contributed by atoms with Crippen LogP contribution in [0.5, 0.6) is 0 Å². The van der Waals surface area contributed by atoms with Crippen LogP contribution in [0.15, 0.2) is 0 Å². The second-order valence-corrected chi connectivity index (χ2v) is 2.55. The topological polar surface area (TPSA) is 15.3 Å². The molecule has 0 aromatic heterocycles. The van der Waals surface area contributed by atoms with Crippen LogP contribution in [0.25, 0.3) is 0 Å². The van der Waals surface area contributed by atoms with Crippen LogP contribution < -0.4 is 5.32 Å². The van der Waals surface area contributed by atoms with E-state index < -0.39 is 0 Å². The van der Waals surface area contributed by atoms with Crippen LogP contribution in [0.1, 0.15) is 6.42 Å². The maximum Gasteiger partial charge on any atom is 0.0214 e. The van der Waals surface area contributed by atoms with Gasteiger partial charge in [0.2, 0.25) is 0 Å². The summed E-state index contributed by atoms with van der Waals surface area (Å²) in [5.74, 6) is 2.65. The van der Waals surface area contributed by atoms with Crippen molar-refractivity contribution >= 4 is 12.4 Å². The van der Waals surface area contributed by atoms with Gasteiger partial charge in [-0.15, -0.1) is 24.8 Å². The molecule has 0 unspecified atom stereocenters. The second kappa shape index (κ2) is 6.48. The van der Waals surface area contributed by atoms with Gasteiger partial charge in [-0.2, -0.15) is 0 Å². The third-order valence-electron chi connectivity index (χ3n) is 1.78. The Morgan fingerprint density at radius 1 is 1.36 bits per heavy atom. The molecule has 1 aliphatic heterocycles. The van der Waals surface area contributed by atoms with E-state index in [0.717, 1.165) is 39.1 Å². The Kier molecular flexibility index (Phi) is 6.34. The Labute approximate surface area is 74.8 Å². The Bertz CT molecular complexity index is 125. The van der Waals surface area contributed by atoms with Crippen molar-refractivity contribution in [3.63, 3.8) is 0 Å². The van der Waals surface area contributed by atoms with Gasteiger partial charge in [-0.25, -0.2) is 0 Å². The fraction of sp³-hybridized carbons (Fsp3) is 0.750. The molecular formula is C8H15ClN2. The Balaban J connectivity index is 0.000001000. The molecule has 1 fully saturated rings. The summed E-state index contributed by atoms with van der Waals surface area (Å²) in [6.45, 7) is 5.61. The monoisotopic (exact) mass is 174 g/mol. The molecule has 0 saturated carbocycles. The molecule has 0 amide bonds. The van der Waals surface area contributed by atoms with Crippen molar-refractivity contribution in [2.45, 2.75) is 6.42 Å². The van der Waals surface area contributed by atoms with E-state index in [9.17, 15) is 0 Å². The molecule has 1 rings (SSSR count). The van der Waals surface area contributed by atoms with Crippen molar-refractivity contribution < 1.29 is 0 Å². The molecule has 1 aliphatic rings. The second-order valence-electron chi connectivity index (χ2n) is 2.55. The molecule has 0 aromatic carbocycles. The minimum atomic E-state index is 0. The highest BCUT2D eigenvalue weighted by molar-refractivity contribution is 5.85. The molecule has 1 heterocycles. The Morgan fingerprint density at radius 2 is 2.00 bits per heavy atom. The SMILES string of the molecule is C#CCCN1CCNCC1.Cl. The van der Waals surface area contributed by atoms with Crippen molar-refractivity contribution in [1.82, 2.24) is 10.2 Å². The molecule has 0 aliphatic carbocycles. The first-order valence-corrected chi connectivity index (χ1v) is 3.80. The molecule has 2 nitrogen and oxygen atoms in total. The lowest BCUT2D eigenvalue weighted by Crippen LogP contribution is -2.43. The van der Waals surface area contributed by atoms with Gasteiger partial charge in [-0.05, 0) is 0 Å². The number of nitrogens with zero attached hydrogens (tertiary/aromatic N) is 1. The lowest BCUT2D eigenvalue weighted by atomic mass is 10.3. The van der Waals surface area contributed by atoms with Gasteiger partial charge in [0.05, 0.1) is 0 Å². The number of hydrogen-bond donors (Lipinski definition) is 1. The minimum Gasteiger partial charge on any atom is -0.314 e. The number of terminal acetylenes is 1. The number of halogens is 1. The number of rotatable bonds is 2. The molecular weight excluding hydrogens is 160 g/mol. The van der Waals surface area contributed by atoms with Crippen molar-refractivity contribution in [1.29, 1.82) is 0 Å². The van der Waals surface area contributed by atoms with Crippen LogP contribution in [0.3, 0.4) is 0 Å². The quantitative estimate of drug-likeness (QED) is 0.608. The first kappa shape index (κ1) is 10.8. The molecule has 0 radical (unpaired) electrons. The third-order valence-corrected chi connectivity index (χ3v) is 1.78. The van der Waals surface area contributed by atoms with E-state index in [1.165, 1.54) is 0 Å². The van der Waals surface area contributed by atoms with E-state index in [0.29, 0.717) is 0 Å². The zero-order valence-corrected chi connectivity index (χ0v) is 7.49. The largest absolute Gasteiger partial charge is 0.314 e. The van der Waals surface area contributed by atoms with E-state index in [4.69, 9.17) is 6.42 Å². The summed E-state index contributed by atoms with van der Waals surface area (Å²) in [5.41, 5.74) is 0. The fourth-order valence-electron chi connectivity index (χ4n) is 1.16. The summed E-state index contributed by atoms with van der Waals surface area (Å²) in [7, 11) is 0. The van der Waals surface area contributed by atoms with Crippen LogP contribution in [0.4, 0.5) is 0 Å². The van der Waals surface area contributed by atoms with Crippen LogP contribution in [0, 0.1) is 12.3 Å². The maximum atomic E-state index is 5.15. The van der Waals surface area contributed by atoms with Gasteiger partial charge < -0.3 is 5.32 Å². The first-order valence-electron chi connectivity index (χ1n) is 3.80. The molecule has 0 bridgehead atoms. The zero-order valence-electron chi connectivity index (χ0n) is 6.68. The normalized spacial score (nSPS) is 18.5. The van der Waals surface area contributed by atoms with Gasteiger partial charge in [0.1, 0.15) is 0 Å². The minimum absolute atomic E-state index is 0. The molecule has 1 saturated heterocycles. The predicted molar refractivity (Wildman–Crippen MR) is 50.0 cm³/mol. The van der Waals surface area contributed by atoms with Gasteiger partial charge >= 0.3 is 0 Å². The van der Waals surface area contributed by atoms with Crippen LogP contribution in [-0.2, 0) is 0 Å². The molecule has 1 N–H and O–H groups in total. The van der Waals surface area contributed by atoms with Crippen LogP contribution >= 0.6 is 12.4 Å². The number of hydrogen-bond acceptors (Lipinski definition) is 2. The standard InChI is InChI=1S/C8H14N2.ClH/c1-2-3-6-10-7-4-9-5-8-10;/h1,9H,3-8H2;1H. The third kappa shape index (κ3) is 4.26. The van der Waals surface area contributed by atoms with Crippen LogP contribution in [0.2, 0.25) is 0 Å². The molecule has 64 valence electrons. The average Bonchev–Trinajstić information content (AvgIpc) is 2.03. The van der Waals surface area contributed by atoms with Gasteiger partial charge in [0, 0.05) is 39.1 Å². The van der Waals surface area contributed by atoms with Crippen molar-refractivity contribution in [3.8, 4) is 12.3 Å².